The number of nitrogens with two attached hydrogens (primary N) is 1. The Morgan fingerprint density at radius 1 is 1.32 bits per heavy atom. The van der Waals surface area contributed by atoms with Crippen molar-refractivity contribution in [2.75, 3.05) is 13.1 Å². The van der Waals surface area contributed by atoms with Crippen LogP contribution < -0.4 is 5.73 Å². The summed E-state index contributed by atoms with van der Waals surface area (Å²) in [5, 5.41) is 0.0336. The molecule has 1 aromatic rings. The highest BCUT2D eigenvalue weighted by Crippen LogP contribution is 2.27. The lowest BCUT2D eigenvalue weighted by molar-refractivity contribution is 0.320. The van der Waals surface area contributed by atoms with Crippen molar-refractivity contribution in [3.8, 4) is 0 Å². The van der Waals surface area contributed by atoms with Crippen molar-refractivity contribution in [3.63, 3.8) is 0 Å². The van der Waals surface area contributed by atoms with Crippen LogP contribution in [0.25, 0.3) is 0 Å². The van der Waals surface area contributed by atoms with Crippen LogP contribution in [0, 0.1) is 5.82 Å². The van der Waals surface area contributed by atoms with Crippen molar-refractivity contribution in [3.05, 3.63) is 29.0 Å². The maximum Gasteiger partial charge on any atom is 0.244 e. The van der Waals surface area contributed by atoms with Gasteiger partial charge in [-0.25, -0.2) is 12.8 Å². The molecule has 0 saturated carbocycles. The van der Waals surface area contributed by atoms with Crippen LogP contribution in [0.4, 0.5) is 4.39 Å². The number of hydrogen-bond donors (Lipinski definition) is 1. The van der Waals surface area contributed by atoms with Gasteiger partial charge in [0, 0.05) is 19.1 Å². The molecule has 2 rings (SSSR count). The summed E-state index contributed by atoms with van der Waals surface area (Å²) in [7, 11) is -3.73. The zero-order valence-corrected chi connectivity index (χ0v) is 12.4. The van der Waals surface area contributed by atoms with E-state index in [4.69, 9.17) is 17.3 Å². The maximum absolute atomic E-state index is 13.1. The minimum atomic E-state index is -3.73. The van der Waals surface area contributed by atoms with Gasteiger partial charge in [-0.1, -0.05) is 11.6 Å². The fraction of sp³-hybridized carbons (Fsp3) is 0.455. The molecular formula is C11H15Cl2FN2O2S. The average Bonchev–Trinajstić information content (AvgIpc) is 2.32. The van der Waals surface area contributed by atoms with Crippen LogP contribution in [-0.4, -0.2) is 31.9 Å². The molecule has 0 aliphatic carbocycles. The van der Waals surface area contributed by atoms with Gasteiger partial charge in [-0.3, -0.25) is 0 Å². The smallest absolute Gasteiger partial charge is 0.244 e. The highest BCUT2D eigenvalue weighted by molar-refractivity contribution is 7.89. The molecule has 1 saturated heterocycles. The molecule has 1 fully saturated rings. The van der Waals surface area contributed by atoms with Gasteiger partial charge in [0.25, 0.3) is 0 Å². The third-order valence-electron chi connectivity index (χ3n) is 3.01. The van der Waals surface area contributed by atoms with Gasteiger partial charge in [0.05, 0.1) is 5.02 Å². The van der Waals surface area contributed by atoms with Gasteiger partial charge in [0.1, 0.15) is 10.7 Å². The molecule has 0 bridgehead atoms. The summed E-state index contributed by atoms with van der Waals surface area (Å²) in [6.45, 7) is 0.687. The molecule has 0 atom stereocenters. The zero-order valence-electron chi connectivity index (χ0n) is 10.1. The third-order valence-corrected chi connectivity index (χ3v) is 5.39. The molecule has 1 aliphatic rings. The SMILES string of the molecule is Cl.NC1CCN(S(=O)(=O)c2cc(F)ccc2Cl)CC1. The molecule has 0 aromatic heterocycles. The minimum Gasteiger partial charge on any atom is -0.328 e. The standard InChI is InChI=1S/C11H14ClFN2O2S.ClH/c12-10-2-1-8(13)7-11(10)18(16,17)15-5-3-9(14)4-6-15;/h1-2,7,9H,3-6,14H2;1H. The van der Waals surface area contributed by atoms with Gasteiger partial charge < -0.3 is 5.73 Å². The van der Waals surface area contributed by atoms with E-state index in [0.29, 0.717) is 25.9 Å². The summed E-state index contributed by atoms with van der Waals surface area (Å²) < 4.78 is 39.0. The first-order valence-electron chi connectivity index (χ1n) is 5.62. The predicted octanol–water partition coefficient (Wildman–Crippen LogP) is 2.01. The average molecular weight is 329 g/mol. The number of hydrogen-bond acceptors (Lipinski definition) is 3. The largest absolute Gasteiger partial charge is 0.328 e. The Labute approximate surface area is 123 Å². The summed E-state index contributed by atoms with van der Waals surface area (Å²) in [5.41, 5.74) is 5.73. The van der Waals surface area contributed by atoms with Crippen molar-refractivity contribution >= 4 is 34.0 Å². The van der Waals surface area contributed by atoms with Gasteiger partial charge in [0.15, 0.2) is 0 Å². The van der Waals surface area contributed by atoms with Crippen molar-refractivity contribution in [1.82, 2.24) is 4.31 Å². The van der Waals surface area contributed by atoms with Crippen molar-refractivity contribution in [2.24, 2.45) is 5.73 Å². The van der Waals surface area contributed by atoms with Crippen molar-refractivity contribution < 1.29 is 12.8 Å². The molecule has 0 radical (unpaired) electrons. The van der Waals surface area contributed by atoms with Gasteiger partial charge in [-0.05, 0) is 31.0 Å². The first kappa shape index (κ1) is 16.7. The van der Waals surface area contributed by atoms with E-state index < -0.39 is 15.8 Å². The molecule has 0 unspecified atom stereocenters. The highest BCUT2D eigenvalue weighted by atomic mass is 35.5. The molecule has 1 aliphatic heterocycles. The van der Waals surface area contributed by atoms with Crippen LogP contribution >= 0.6 is 24.0 Å². The summed E-state index contributed by atoms with van der Waals surface area (Å²) >= 11 is 5.83. The van der Waals surface area contributed by atoms with E-state index in [1.165, 1.54) is 10.4 Å². The van der Waals surface area contributed by atoms with Crippen LogP contribution in [0.1, 0.15) is 12.8 Å². The quantitative estimate of drug-likeness (QED) is 0.903. The summed E-state index contributed by atoms with van der Waals surface area (Å²) in [6, 6.07) is 3.36. The number of sulfonamides is 1. The van der Waals surface area contributed by atoms with Crippen LogP contribution in [0.5, 0.6) is 0 Å². The third kappa shape index (κ3) is 3.58. The summed E-state index contributed by atoms with van der Waals surface area (Å²) in [4.78, 5) is -0.181. The molecule has 1 heterocycles. The van der Waals surface area contributed by atoms with Crippen LogP contribution in [0.2, 0.25) is 5.02 Å². The highest BCUT2D eigenvalue weighted by Gasteiger charge is 2.30. The Morgan fingerprint density at radius 3 is 2.47 bits per heavy atom. The molecule has 0 spiro atoms. The van der Waals surface area contributed by atoms with Gasteiger partial charge in [0.2, 0.25) is 10.0 Å². The molecule has 0 amide bonds. The molecule has 1 aromatic carbocycles. The van der Waals surface area contributed by atoms with Gasteiger partial charge in [-0.2, -0.15) is 4.31 Å². The summed E-state index contributed by atoms with van der Waals surface area (Å²) in [6.07, 6.45) is 1.21. The van der Waals surface area contributed by atoms with E-state index in [1.807, 2.05) is 0 Å². The second-order valence-electron chi connectivity index (χ2n) is 4.32. The van der Waals surface area contributed by atoms with E-state index >= 15 is 0 Å². The Morgan fingerprint density at radius 2 is 1.89 bits per heavy atom. The monoisotopic (exact) mass is 328 g/mol. The van der Waals surface area contributed by atoms with E-state index in [0.717, 1.165) is 12.1 Å². The van der Waals surface area contributed by atoms with E-state index in [2.05, 4.69) is 0 Å². The van der Waals surface area contributed by atoms with Crippen molar-refractivity contribution in [1.29, 1.82) is 0 Å². The Bertz CT molecular complexity index is 546. The number of rotatable bonds is 2. The fourth-order valence-electron chi connectivity index (χ4n) is 1.93. The first-order chi connectivity index (χ1) is 8.41. The zero-order chi connectivity index (χ0) is 13.3. The normalized spacial score (nSPS) is 18.1. The molecule has 8 heteroatoms. The maximum atomic E-state index is 13.1. The van der Waals surface area contributed by atoms with E-state index in [9.17, 15) is 12.8 Å². The lowest BCUT2D eigenvalue weighted by atomic mass is 10.1. The number of piperidine rings is 1. The first-order valence-corrected chi connectivity index (χ1v) is 7.44. The van der Waals surface area contributed by atoms with E-state index in [1.54, 1.807) is 0 Å². The lowest BCUT2D eigenvalue weighted by Gasteiger charge is -2.29. The number of halogens is 3. The lowest BCUT2D eigenvalue weighted by Crippen LogP contribution is -2.42. The Hall–Kier alpha value is -0.400. The van der Waals surface area contributed by atoms with Gasteiger partial charge in [-0.15, -0.1) is 12.4 Å². The van der Waals surface area contributed by atoms with Crippen LogP contribution in [-0.2, 0) is 10.0 Å². The molecule has 4 nitrogen and oxygen atoms in total. The second-order valence-corrected chi connectivity index (χ2v) is 6.63. The van der Waals surface area contributed by atoms with Gasteiger partial charge >= 0.3 is 0 Å². The molecule has 2 N–H and O–H groups in total. The molecule has 108 valence electrons. The minimum absolute atomic E-state index is 0. The Balaban J connectivity index is 0.00000180. The number of benzene rings is 1. The molecular weight excluding hydrogens is 314 g/mol. The topological polar surface area (TPSA) is 63.4 Å². The fourth-order valence-corrected chi connectivity index (χ4v) is 3.89. The number of nitrogens with zero attached hydrogens (tertiary/aromatic N) is 1. The van der Waals surface area contributed by atoms with Crippen LogP contribution in [0.3, 0.4) is 0 Å². The summed E-state index contributed by atoms with van der Waals surface area (Å²) in [5.74, 6) is -0.619. The molecule has 19 heavy (non-hydrogen) atoms. The van der Waals surface area contributed by atoms with Crippen molar-refractivity contribution in [2.45, 2.75) is 23.8 Å². The van der Waals surface area contributed by atoms with E-state index in [-0.39, 0.29) is 28.4 Å². The second kappa shape index (κ2) is 6.37. The Kier molecular flexibility index (Phi) is 5.58. The predicted molar refractivity (Wildman–Crippen MR) is 74.6 cm³/mol. The van der Waals surface area contributed by atoms with Crippen LogP contribution in [0.15, 0.2) is 23.1 Å².